The molecule has 3 saturated heterocycles. The van der Waals surface area contributed by atoms with Gasteiger partial charge >= 0.3 is 16.4 Å². The molecule has 0 bridgehead atoms. The molecule has 0 aromatic heterocycles. The van der Waals surface area contributed by atoms with E-state index in [1.807, 2.05) is 13.8 Å². The summed E-state index contributed by atoms with van der Waals surface area (Å²) < 4.78 is 72.9. The number of hydrogen-bond donors (Lipinski definition) is 12. The molecule has 0 aromatic carbocycles. The fourth-order valence-electron chi connectivity index (χ4n) is 15.2. The van der Waals surface area contributed by atoms with E-state index in [1.165, 1.54) is 0 Å². The maximum absolute atomic E-state index is 15.1. The van der Waals surface area contributed by atoms with Gasteiger partial charge in [0, 0.05) is 0 Å². The Kier molecular flexibility index (Phi) is 15.3. The Morgan fingerprint density at radius 1 is 0.620 bits per heavy atom. The molecular weight excluding hydrogens is 961 g/mol. The Morgan fingerprint density at radius 2 is 1.14 bits per heavy atom. The minimum atomic E-state index is -4.68. The van der Waals surface area contributed by atoms with Gasteiger partial charge < -0.3 is 84.6 Å². The Hall–Kier alpha value is -1.56. The molecule has 22 nitrogen and oxygen atoms in total. The maximum atomic E-state index is 15.1. The van der Waals surface area contributed by atoms with E-state index in [0.717, 1.165) is 12.8 Å². The van der Waals surface area contributed by atoms with Gasteiger partial charge in [-0.3, -0.25) is 9.35 Å². The molecular formula is C48H78O22S. The third-order valence-corrected chi connectivity index (χ3v) is 20.0. The van der Waals surface area contributed by atoms with Crippen molar-refractivity contribution in [2.45, 2.75) is 204 Å². The smallest absolute Gasteiger partial charge is 0.397 e. The van der Waals surface area contributed by atoms with Crippen LogP contribution >= 0.6 is 0 Å². The molecule has 4 saturated carbocycles. The molecule has 8 aliphatic rings. The number of allylic oxidation sites excluding steroid dienone is 2. The average Bonchev–Trinajstić information content (AvgIpc) is 3.28. The van der Waals surface area contributed by atoms with Crippen molar-refractivity contribution < 1.29 is 107 Å². The Morgan fingerprint density at radius 3 is 1.69 bits per heavy atom. The monoisotopic (exact) mass is 1040 g/mol. The van der Waals surface area contributed by atoms with Gasteiger partial charge in [0.25, 0.3) is 0 Å². The fourth-order valence-corrected chi connectivity index (χ4v) is 15.9. The molecule has 8 rings (SSSR count). The van der Waals surface area contributed by atoms with Crippen LogP contribution in [0.5, 0.6) is 0 Å². The molecule has 71 heavy (non-hydrogen) atoms. The van der Waals surface area contributed by atoms with Crippen LogP contribution in [0, 0.1) is 56.2 Å². The van der Waals surface area contributed by atoms with Crippen molar-refractivity contribution >= 4 is 16.4 Å². The first-order valence-corrected chi connectivity index (χ1v) is 26.4. The van der Waals surface area contributed by atoms with Gasteiger partial charge in [-0.2, -0.15) is 8.42 Å². The van der Waals surface area contributed by atoms with E-state index in [4.69, 9.17) is 32.6 Å². The first-order chi connectivity index (χ1) is 32.9. The number of ether oxygens (including phenoxy) is 6. The summed E-state index contributed by atoms with van der Waals surface area (Å²) in [6, 6.07) is 0. The predicted octanol–water partition coefficient (Wildman–Crippen LogP) is -1.21. The summed E-state index contributed by atoms with van der Waals surface area (Å²) in [5, 5.41) is 119. The summed E-state index contributed by atoms with van der Waals surface area (Å²) in [6.07, 6.45) is -19.6. The molecule has 0 amide bonds. The summed E-state index contributed by atoms with van der Waals surface area (Å²) in [7, 11) is -4.68. The number of carbonyl (C=O) groups excluding carboxylic acids is 1. The number of aliphatic hydroxyl groups excluding tert-OH is 11. The van der Waals surface area contributed by atoms with Crippen LogP contribution in [0.2, 0.25) is 0 Å². The highest BCUT2D eigenvalue weighted by Gasteiger charge is 2.73. The lowest BCUT2D eigenvalue weighted by Gasteiger charge is -2.72. The molecule has 3 aliphatic heterocycles. The van der Waals surface area contributed by atoms with Gasteiger partial charge in [0.1, 0.15) is 73.2 Å². The van der Waals surface area contributed by atoms with Crippen LogP contribution in [0.3, 0.4) is 0 Å². The van der Waals surface area contributed by atoms with Crippen molar-refractivity contribution in [3.63, 3.8) is 0 Å². The summed E-state index contributed by atoms with van der Waals surface area (Å²) in [6.45, 7) is 12.9. The lowest BCUT2D eigenvalue weighted by molar-refractivity contribution is -0.341. The summed E-state index contributed by atoms with van der Waals surface area (Å²) in [5.41, 5.74) is -3.58. The zero-order valence-corrected chi connectivity index (χ0v) is 42.2. The normalized spacial score (nSPS) is 52.6. The van der Waals surface area contributed by atoms with Gasteiger partial charge in [-0.15, -0.1) is 0 Å². The molecule has 0 spiro atoms. The number of rotatable bonds is 11. The molecule has 7 fully saturated rings. The number of aliphatic hydroxyl groups is 11. The number of carbonyl (C=O) groups is 1. The molecule has 408 valence electrons. The molecule has 0 radical (unpaired) electrons. The zero-order chi connectivity index (χ0) is 52.3. The van der Waals surface area contributed by atoms with Gasteiger partial charge in [-0.1, -0.05) is 60.6 Å². The highest BCUT2D eigenvalue weighted by molar-refractivity contribution is 7.80. The Balaban J connectivity index is 0.986. The third-order valence-electron chi connectivity index (χ3n) is 19.5. The van der Waals surface area contributed by atoms with Crippen molar-refractivity contribution in [2.24, 2.45) is 56.2 Å². The summed E-state index contributed by atoms with van der Waals surface area (Å²) in [5.74, 6) is -1.49. The van der Waals surface area contributed by atoms with Crippen LogP contribution < -0.4 is 0 Å². The highest BCUT2D eigenvalue weighted by Crippen LogP contribution is 2.76. The van der Waals surface area contributed by atoms with E-state index in [-0.39, 0.29) is 46.8 Å². The van der Waals surface area contributed by atoms with Crippen LogP contribution in [-0.4, -0.2) is 199 Å². The zero-order valence-electron chi connectivity index (χ0n) is 41.4. The largest absolute Gasteiger partial charge is 0.432 e. The van der Waals surface area contributed by atoms with Crippen LogP contribution in [0.15, 0.2) is 12.2 Å². The SMILES string of the molecule is CC1(C)CC[C@]2(C(=O)O[C@@H]3O[C@H](CO[C@@H]4O[C@H](CO[C@@H]5O[C@H](CO)[C@H](O)[C@H](O)[C@H]5O)[C@H](O)[C@H](O)[C@H]4O)[C@H](O)[C@H](O)[C@H]3O)[C@H](O)C[C@]3(C)[C@@H](C=C[C@@H]4[C@@]5(C)CC[C@H](OS(=O)(=O)O)C(C)(C)[C@@H]5CC[C@]43C)[C@@H]2C1. The van der Waals surface area contributed by atoms with E-state index in [0.29, 0.717) is 25.7 Å². The van der Waals surface area contributed by atoms with Gasteiger partial charge in [0.2, 0.25) is 6.29 Å². The lowest BCUT2D eigenvalue weighted by Crippen LogP contribution is -2.70. The van der Waals surface area contributed by atoms with Gasteiger partial charge in [0.05, 0.1) is 37.4 Å². The molecule has 25 atom stereocenters. The van der Waals surface area contributed by atoms with Gasteiger partial charge in [-0.25, -0.2) is 4.18 Å². The molecule has 0 aromatic rings. The van der Waals surface area contributed by atoms with E-state index in [1.54, 1.807) is 0 Å². The second kappa shape index (κ2) is 19.5. The van der Waals surface area contributed by atoms with Crippen molar-refractivity contribution in [1.82, 2.24) is 0 Å². The first kappa shape index (κ1) is 55.7. The molecule has 12 N–H and O–H groups in total. The van der Waals surface area contributed by atoms with E-state index in [9.17, 15) is 69.1 Å². The summed E-state index contributed by atoms with van der Waals surface area (Å²) >= 11 is 0. The standard InChI is InChI=1S/C48H78O22S/c1-43(2)14-15-48(22(16-43)21-8-9-27-45(5)12-11-29(70-71(61,62)63)44(3,4)26(45)10-13-46(27,6)47(21,7)17-28(48)50)42(60)69-41-38(59)35(56)32(53)25(68-41)20-65-40-37(58)34(55)31(52)24(67-40)19-64-39-36(57)33(54)30(51)23(18-49)66-39/h8-9,21-41,49-59H,10-20H2,1-7H3,(H,61,62,63)/t21-,22-,23+,24+,25+,26-,27+,28+,29-,30-,31-,32-,33-,34-,35-,36+,37+,38+,39+,40+,41-,45-,46+,47+,48+/m0/s1. The second-order valence-electron chi connectivity index (χ2n) is 24.2. The summed E-state index contributed by atoms with van der Waals surface area (Å²) in [4.78, 5) is 15.1. The molecule has 5 aliphatic carbocycles. The highest BCUT2D eigenvalue weighted by atomic mass is 32.3. The average molecular weight is 1040 g/mol. The van der Waals surface area contributed by atoms with Crippen LogP contribution in [0.4, 0.5) is 0 Å². The molecule has 0 unspecified atom stereocenters. The van der Waals surface area contributed by atoms with E-state index < -0.39 is 163 Å². The van der Waals surface area contributed by atoms with Crippen molar-refractivity contribution in [2.75, 3.05) is 19.8 Å². The van der Waals surface area contributed by atoms with Crippen LogP contribution in [0.25, 0.3) is 0 Å². The van der Waals surface area contributed by atoms with E-state index >= 15 is 4.79 Å². The quantitative estimate of drug-likeness (QED) is 0.0656. The maximum Gasteiger partial charge on any atom is 0.397 e. The second-order valence-corrected chi connectivity index (χ2v) is 25.3. The lowest BCUT2D eigenvalue weighted by atomic mass is 9.32. The fraction of sp³-hybridized carbons (Fsp3) is 0.938. The van der Waals surface area contributed by atoms with Crippen molar-refractivity contribution in [3.05, 3.63) is 12.2 Å². The minimum absolute atomic E-state index is 0.00579. The van der Waals surface area contributed by atoms with Crippen molar-refractivity contribution in [1.29, 1.82) is 0 Å². The third kappa shape index (κ3) is 9.28. The minimum Gasteiger partial charge on any atom is -0.432 e. The Labute approximate surface area is 414 Å². The molecule has 23 heteroatoms. The van der Waals surface area contributed by atoms with Gasteiger partial charge in [0.15, 0.2) is 12.6 Å². The van der Waals surface area contributed by atoms with Crippen LogP contribution in [0.1, 0.15) is 99.8 Å². The topological polar surface area (TPSA) is 359 Å². The van der Waals surface area contributed by atoms with Crippen molar-refractivity contribution in [3.8, 4) is 0 Å². The first-order valence-electron chi connectivity index (χ1n) is 25.0. The number of fused-ring (bicyclic) bond motifs is 7. The number of esters is 1. The van der Waals surface area contributed by atoms with Crippen LogP contribution in [-0.2, 0) is 47.8 Å². The number of hydrogen-bond acceptors (Lipinski definition) is 21. The predicted molar refractivity (Wildman–Crippen MR) is 242 cm³/mol. The Bertz CT molecular complexity index is 2070. The molecule has 3 heterocycles. The van der Waals surface area contributed by atoms with Gasteiger partial charge in [-0.05, 0) is 102 Å². The van der Waals surface area contributed by atoms with E-state index in [2.05, 4.69) is 46.8 Å².